The van der Waals surface area contributed by atoms with Gasteiger partial charge in [0.05, 0.1) is 12.5 Å². The highest BCUT2D eigenvalue weighted by Gasteiger charge is 2.20. The van der Waals surface area contributed by atoms with Gasteiger partial charge in [0.15, 0.2) is 0 Å². The molecular formula is C13H19NO2S. The maximum atomic E-state index is 11.7. The molecule has 0 aromatic carbocycles. The quantitative estimate of drug-likeness (QED) is 0.861. The van der Waals surface area contributed by atoms with Crippen LogP contribution in [0, 0.1) is 5.92 Å². The maximum Gasteiger partial charge on any atom is 0.225 e. The minimum Gasteiger partial charge on any atom is -0.393 e. The monoisotopic (exact) mass is 253 g/mol. The van der Waals surface area contributed by atoms with Gasteiger partial charge in [0, 0.05) is 11.4 Å². The second-order valence-electron chi connectivity index (χ2n) is 4.75. The Labute approximate surface area is 106 Å². The summed E-state index contributed by atoms with van der Waals surface area (Å²) in [7, 11) is 0. The molecule has 94 valence electrons. The molecule has 1 aliphatic rings. The molecule has 1 fully saturated rings. The third kappa shape index (κ3) is 4.13. The van der Waals surface area contributed by atoms with Crippen LogP contribution in [-0.4, -0.2) is 23.7 Å². The molecule has 2 N–H and O–H groups in total. The third-order valence-electron chi connectivity index (χ3n) is 3.26. The van der Waals surface area contributed by atoms with Crippen molar-refractivity contribution in [3.63, 3.8) is 0 Å². The molecule has 0 spiro atoms. The Morgan fingerprint density at radius 3 is 3.12 bits per heavy atom. The molecular weight excluding hydrogens is 234 g/mol. The minimum absolute atomic E-state index is 0.0903. The SMILES string of the molecule is O=C(Cc1cccs1)NCC1CCCC(O)C1. The van der Waals surface area contributed by atoms with Gasteiger partial charge in [-0.3, -0.25) is 4.79 Å². The van der Waals surface area contributed by atoms with E-state index in [1.807, 2.05) is 17.5 Å². The molecule has 0 saturated heterocycles. The van der Waals surface area contributed by atoms with E-state index in [9.17, 15) is 9.90 Å². The molecule has 1 heterocycles. The Kier molecular flexibility index (Phi) is 4.57. The molecule has 3 nitrogen and oxygen atoms in total. The number of hydrogen-bond donors (Lipinski definition) is 2. The number of carbonyl (C=O) groups is 1. The predicted octanol–water partition coefficient (Wildman–Crippen LogP) is 1.96. The van der Waals surface area contributed by atoms with Gasteiger partial charge in [-0.1, -0.05) is 12.5 Å². The van der Waals surface area contributed by atoms with Crippen molar-refractivity contribution in [2.24, 2.45) is 5.92 Å². The fourth-order valence-corrected chi connectivity index (χ4v) is 3.04. The maximum absolute atomic E-state index is 11.7. The van der Waals surface area contributed by atoms with Crippen LogP contribution < -0.4 is 5.32 Å². The molecule has 1 aliphatic carbocycles. The second kappa shape index (κ2) is 6.17. The van der Waals surface area contributed by atoms with E-state index < -0.39 is 0 Å². The van der Waals surface area contributed by atoms with Gasteiger partial charge in [-0.15, -0.1) is 11.3 Å². The van der Waals surface area contributed by atoms with Gasteiger partial charge in [0.25, 0.3) is 0 Å². The van der Waals surface area contributed by atoms with Crippen LogP contribution in [0.25, 0.3) is 0 Å². The highest BCUT2D eigenvalue weighted by Crippen LogP contribution is 2.23. The van der Waals surface area contributed by atoms with Crippen molar-refractivity contribution < 1.29 is 9.90 Å². The van der Waals surface area contributed by atoms with Gasteiger partial charge in [0.1, 0.15) is 0 Å². The summed E-state index contributed by atoms with van der Waals surface area (Å²) < 4.78 is 0. The second-order valence-corrected chi connectivity index (χ2v) is 5.78. The zero-order valence-corrected chi connectivity index (χ0v) is 10.7. The van der Waals surface area contributed by atoms with Crippen LogP contribution in [0.3, 0.4) is 0 Å². The fourth-order valence-electron chi connectivity index (χ4n) is 2.34. The first-order chi connectivity index (χ1) is 8.24. The standard InChI is InChI=1S/C13H19NO2S/c15-11-4-1-3-10(7-11)9-14-13(16)8-12-5-2-6-17-12/h2,5-6,10-11,15H,1,3-4,7-9H2,(H,14,16). The number of rotatable bonds is 4. The number of thiophene rings is 1. The summed E-state index contributed by atoms with van der Waals surface area (Å²) in [6.45, 7) is 0.710. The van der Waals surface area contributed by atoms with E-state index in [-0.39, 0.29) is 12.0 Å². The van der Waals surface area contributed by atoms with Crippen molar-refractivity contribution in [2.45, 2.75) is 38.2 Å². The molecule has 1 amide bonds. The van der Waals surface area contributed by atoms with Crippen LogP contribution in [0.15, 0.2) is 17.5 Å². The number of aliphatic hydroxyl groups is 1. The Morgan fingerprint density at radius 1 is 1.53 bits per heavy atom. The van der Waals surface area contributed by atoms with Gasteiger partial charge in [0.2, 0.25) is 5.91 Å². The van der Waals surface area contributed by atoms with E-state index in [0.29, 0.717) is 18.9 Å². The number of carbonyl (C=O) groups excluding carboxylic acids is 1. The molecule has 0 aliphatic heterocycles. The minimum atomic E-state index is -0.164. The van der Waals surface area contributed by atoms with Gasteiger partial charge >= 0.3 is 0 Å². The molecule has 2 rings (SSSR count). The highest BCUT2D eigenvalue weighted by molar-refractivity contribution is 7.10. The van der Waals surface area contributed by atoms with Crippen LogP contribution in [-0.2, 0) is 11.2 Å². The number of hydrogen-bond acceptors (Lipinski definition) is 3. The van der Waals surface area contributed by atoms with Crippen molar-refractivity contribution in [1.82, 2.24) is 5.32 Å². The molecule has 4 heteroatoms. The van der Waals surface area contributed by atoms with Crippen LogP contribution in [0.4, 0.5) is 0 Å². The zero-order chi connectivity index (χ0) is 12.1. The van der Waals surface area contributed by atoms with Crippen molar-refractivity contribution >= 4 is 17.2 Å². The van der Waals surface area contributed by atoms with E-state index in [4.69, 9.17) is 0 Å². The van der Waals surface area contributed by atoms with E-state index in [0.717, 1.165) is 30.6 Å². The lowest BCUT2D eigenvalue weighted by atomic mass is 9.87. The third-order valence-corrected chi connectivity index (χ3v) is 4.13. The van der Waals surface area contributed by atoms with Gasteiger partial charge in [-0.05, 0) is 36.6 Å². The van der Waals surface area contributed by atoms with Gasteiger partial charge < -0.3 is 10.4 Å². The fraction of sp³-hybridized carbons (Fsp3) is 0.615. The van der Waals surface area contributed by atoms with Crippen LogP contribution in [0.5, 0.6) is 0 Å². The summed E-state index contributed by atoms with van der Waals surface area (Å²) in [5, 5.41) is 14.5. The van der Waals surface area contributed by atoms with Crippen molar-refractivity contribution in [2.75, 3.05) is 6.54 Å². The Morgan fingerprint density at radius 2 is 2.41 bits per heavy atom. The highest BCUT2D eigenvalue weighted by atomic mass is 32.1. The Bertz CT molecular complexity index is 350. The van der Waals surface area contributed by atoms with Crippen molar-refractivity contribution in [3.05, 3.63) is 22.4 Å². The molecule has 1 saturated carbocycles. The lowest BCUT2D eigenvalue weighted by Crippen LogP contribution is -2.33. The predicted molar refractivity (Wildman–Crippen MR) is 69.0 cm³/mol. The summed E-state index contributed by atoms with van der Waals surface area (Å²) in [6.07, 6.45) is 4.26. The Balaban J connectivity index is 1.69. The zero-order valence-electron chi connectivity index (χ0n) is 9.89. The van der Waals surface area contributed by atoms with E-state index in [2.05, 4.69) is 5.32 Å². The van der Waals surface area contributed by atoms with E-state index in [1.165, 1.54) is 0 Å². The molecule has 17 heavy (non-hydrogen) atoms. The number of aliphatic hydroxyl groups excluding tert-OH is 1. The summed E-state index contributed by atoms with van der Waals surface area (Å²) in [4.78, 5) is 12.8. The first kappa shape index (κ1) is 12.6. The summed E-state index contributed by atoms with van der Waals surface area (Å²) in [5.74, 6) is 0.540. The smallest absolute Gasteiger partial charge is 0.225 e. The summed E-state index contributed by atoms with van der Waals surface area (Å²) in [6, 6.07) is 3.94. The lowest BCUT2D eigenvalue weighted by Gasteiger charge is -2.25. The lowest BCUT2D eigenvalue weighted by molar-refractivity contribution is -0.120. The van der Waals surface area contributed by atoms with Gasteiger partial charge in [-0.25, -0.2) is 0 Å². The summed E-state index contributed by atoms with van der Waals surface area (Å²) >= 11 is 1.61. The van der Waals surface area contributed by atoms with Crippen LogP contribution in [0.2, 0.25) is 0 Å². The molecule has 2 unspecified atom stereocenters. The van der Waals surface area contributed by atoms with Crippen molar-refractivity contribution in [3.8, 4) is 0 Å². The average molecular weight is 253 g/mol. The first-order valence-electron chi connectivity index (χ1n) is 6.21. The number of amides is 1. The number of nitrogens with one attached hydrogen (secondary N) is 1. The van der Waals surface area contributed by atoms with Crippen LogP contribution >= 0.6 is 11.3 Å². The van der Waals surface area contributed by atoms with Crippen LogP contribution in [0.1, 0.15) is 30.6 Å². The largest absolute Gasteiger partial charge is 0.393 e. The average Bonchev–Trinajstić information content (AvgIpc) is 2.79. The molecule has 1 aromatic heterocycles. The first-order valence-corrected chi connectivity index (χ1v) is 7.09. The molecule has 0 radical (unpaired) electrons. The van der Waals surface area contributed by atoms with Crippen molar-refractivity contribution in [1.29, 1.82) is 0 Å². The summed E-state index contributed by atoms with van der Waals surface area (Å²) in [5.41, 5.74) is 0. The molecule has 2 atom stereocenters. The van der Waals surface area contributed by atoms with E-state index in [1.54, 1.807) is 11.3 Å². The van der Waals surface area contributed by atoms with E-state index >= 15 is 0 Å². The normalized spacial score (nSPS) is 24.5. The molecule has 0 bridgehead atoms. The van der Waals surface area contributed by atoms with Gasteiger partial charge in [-0.2, -0.15) is 0 Å². The molecule has 1 aromatic rings. The topological polar surface area (TPSA) is 49.3 Å². The Hall–Kier alpha value is -0.870.